The molecule has 1 aromatic heterocycles. The molecule has 1 saturated carbocycles. The summed E-state index contributed by atoms with van der Waals surface area (Å²) in [6.45, 7) is 2.44. The minimum absolute atomic E-state index is 0.608. The number of carbonyl (C=O) groups is 1. The van der Waals surface area contributed by atoms with Gasteiger partial charge in [0, 0.05) is 11.4 Å². The lowest BCUT2D eigenvalue weighted by molar-refractivity contribution is -0.144. The molecule has 1 aliphatic carbocycles. The summed E-state index contributed by atoms with van der Waals surface area (Å²) in [6, 6.07) is 4.01. The molecule has 1 aliphatic rings. The van der Waals surface area contributed by atoms with Crippen molar-refractivity contribution < 1.29 is 9.90 Å². The molecule has 0 aromatic carbocycles. The van der Waals surface area contributed by atoms with Gasteiger partial charge in [0.25, 0.3) is 0 Å². The van der Waals surface area contributed by atoms with Crippen molar-refractivity contribution in [3.8, 4) is 0 Å². The van der Waals surface area contributed by atoms with Gasteiger partial charge in [-0.1, -0.05) is 18.9 Å². The topological polar surface area (TPSA) is 49.3 Å². The van der Waals surface area contributed by atoms with E-state index >= 15 is 0 Å². The summed E-state index contributed by atoms with van der Waals surface area (Å²) >= 11 is 1.65. The van der Waals surface area contributed by atoms with Gasteiger partial charge in [-0.25, -0.2) is 0 Å². The summed E-state index contributed by atoms with van der Waals surface area (Å²) in [6.07, 6.45) is 3.11. The number of rotatable bonds is 6. The molecule has 2 rings (SSSR count). The molecule has 1 heterocycles. The zero-order chi connectivity index (χ0) is 11.6. The largest absolute Gasteiger partial charge is 0.480 e. The van der Waals surface area contributed by atoms with Crippen LogP contribution >= 0.6 is 11.3 Å². The third-order valence-electron chi connectivity index (χ3n) is 3.10. The van der Waals surface area contributed by atoms with Crippen LogP contribution in [0.2, 0.25) is 0 Å². The molecular formula is C12H17NO2S. The molecule has 1 unspecified atom stereocenters. The van der Waals surface area contributed by atoms with E-state index < -0.39 is 11.5 Å². The van der Waals surface area contributed by atoms with Gasteiger partial charge in [0.05, 0.1) is 0 Å². The maximum Gasteiger partial charge on any atom is 0.323 e. The summed E-state index contributed by atoms with van der Waals surface area (Å²) in [4.78, 5) is 12.5. The number of carboxylic acid groups (broad SMARTS) is 1. The second-order valence-electron chi connectivity index (χ2n) is 4.72. The molecule has 2 N–H and O–H groups in total. The first-order valence-electron chi connectivity index (χ1n) is 5.61. The van der Waals surface area contributed by atoms with Crippen LogP contribution in [0.15, 0.2) is 17.5 Å². The van der Waals surface area contributed by atoms with Crippen molar-refractivity contribution >= 4 is 17.3 Å². The molecule has 1 fully saturated rings. The van der Waals surface area contributed by atoms with E-state index in [0.717, 1.165) is 6.42 Å². The minimum Gasteiger partial charge on any atom is -0.480 e. The average molecular weight is 239 g/mol. The molecule has 88 valence electrons. The Labute approximate surface area is 99.5 Å². The predicted octanol–water partition coefficient (Wildman–Crippen LogP) is 2.48. The molecule has 0 saturated heterocycles. The van der Waals surface area contributed by atoms with Gasteiger partial charge in [-0.05, 0) is 30.7 Å². The normalized spacial score (nSPS) is 19.3. The van der Waals surface area contributed by atoms with E-state index in [1.165, 1.54) is 17.7 Å². The number of nitrogens with one attached hydrogen (secondary N) is 1. The van der Waals surface area contributed by atoms with Crippen LogP contribution in [0.1, 0.15) is 31.1 Å². The van der Waals surface area contributed by atoms with Gasteiger partial charge < -0.3 is 5.11 Å². The molecule has 0 spiro atoms. The summed E-state index contributed by atoms with van der Waals surface area (Å²) < 4.78 is 0. The van der Waals surface area contributed by atoms with Crippen molar-refractivity contribution in [2.24, 2.45) is 5.92 Å². The maximum atomic E-state index is 11.3. The fraction of sp³-hybridized carbons (Fsp3) is 0.583. The molecule has 0 bridgehead atoms. The first kappa shape index (κ1) is 11.6. The lowest BCUT2D eigenvalue weighted by atomic mass is 9.95. The third kappa shape index (κ3) is 2.83. The summed E-state index contributed by atoms with van der Waals surface area (Å²) in [7, 11) is 0. The number of aliphatic carboxylic acids is 1. The van der Waals surface area contributed by atoms with E-state index in [2.05, 4.69) is 5.32 Å². The van der Waals surface area contributed by atoms with E-state index in [0.29, 0.717) is 12.5 Å². The van der Waals surface area contributed by atoms with Crippen LogP contribution in [0.3, 0.4) is 0 Å². The highest BCUT2D eigenvalue weighted by Crippen LogP contribution is 2.37. The average Bonchev–Trinajstić information content (AvgIpc) is 2.89. The third-order valence-corrected chi connectivity index (χ3v) is 3.98. The number of carboxylic acids is 1. The molecule has 1 atom stereocenters. The Bertz CT molecular complexity index is 359. The van der Waals surface area contributed by atoms with Crippen LogP contribution in [0.5, 0.6) is 0 Å². The highest BCUT2D eigenvalue weighted by Gasteiger charge is 2.38. The molecule has 3 nitrogen and oxygen atoms in total. The van der Waals surface area contributed by atoms with Crippen LogP contribution in [0, 0.1) is 5.92 Å². The van der Waals surface area contributed by atoms with Crippen molar-refractivity contribution in [2.45, 2.75) is 38.3 Å². The van der Waals surface area contributed by atoms with Crippen molar-refractivity contribution in [3.05, 3.63) is 22.4 Å². The first-order valence-corrected chi connectivity index (χ1v) is 6.49. The summed E-state index contributed by atoms with van der Waals surface area (Å²) in [5.74, 6) is -0.132. The van der Waals surface area contributed by atoms with E-state index in [9.17, 15) is 9.90 Å². The van der Waals surface area contributed by atoms with Gasteiger partial charge >= 0.3 is 5.97 Å². The second kappa shape index (κ2) is 4.55. The Balaban J connectivity index is 1.93. The first-order chi connectivity index (χ1) is 7.60. The minimum atomic E-state index is -0.773. The van der Waals surface area contributed by atoms with Crippen LogP contribution in [-0.4, -0.2) is 16.6 Å². The highest BCUT2D eigenvalue weighted by atomic mass is 32.1. The summed E-state index contributed by atoms with van der Waals surface area (Å²) in [5, 5.41) is 14.5. The fourth-order valence-electron chi connectivity index (χ4n) is 1.83. The van der Waals surface area contributed by atoms with E-state index in [1.54, 1.807) is 18.3 Å². The van der Waals surface area contributed by atoms with E-state index in [1.807, 2.05) is 17.5 Å². The van der Waals surface area contributed by atoms with Crippen LogP contribution in [-0.2, 0) is 11.3 Å². The molecule has 4 heteroatoms. The summed E-state index contributed by atoms with van der Waals surface area (Å²) in [5.41, 5.74) is -0.773. The lowest BCUT2D eigenvalue weighted by Gasteiger charge is -2.26. The van der Waals surface area contributed by atoms with Crippen LogP contribution < -0.4 is 5.32 Å². The molecule has 0 radical (unpaired) electrons. The zero-order valence-corrected chi connectivity index (χ0v) is 10.2. The Morgan fingerprint density at radius 3 is 2.94 bits per heavy atom. The SMILES string of the molecule is CC(CC1CC1)(NCc1cccs1)C(=O)O. The molecule has 1 aromatic rings. The molecular weight excluding hydrogens is 222 g/mol. The van der Waals surface area contributed by atoms with Crippen molar-refractivity contribution in [2.75, 3.05) is 0 Å². The standard InChI is InChI=1S/C12H17NO2S/c1-12(11(14)15,7-9-4-5-9)13-8-10-3-2-6-16-10/h2-3,6,9,13H,4-5,7-8H2,1H3,(H,14,15). The Kier molecular flexibility index (Phi) is 3.30. The van der Waals surface area contributed by atoms with Crippen molar-refractivity contribution in [3.63, 3.8) is 0 Å². The Hall–Kier alpha value is -0.870. The zero-order valence-electron chi connectivity index (χ0n) is 9.40. The van der Waals surface area contributed by atoms with Crippen LogP contribution in [0.4, 0.5) is 0 Å². The van der Waals surface area contributed by atoms with Gasteiger partial charge in [0.1, 0.15) is 5.54 Å². The lowest BCUT2D eigenvalue weighted by Crippen LogP contribution is -2.49. The predicted molar refractivity (Wildman–Crippen MR) is 64.5 cm³/mol. The highest BCUT2D eigenvalue weighted by molar-refractivity contribution is 7.09. The Morgan fingerprint density at radius 2 is 2.44 bits per heavy atom. The van der Waals surface area contributed by atoms with Gasteiger partial charge in [-0.3, -0.25) is 10.1 Å². The van der Waals surface area contributed by atoms with Gasteiger partial charge in [0.2, 0.25) is 0 Å². The van der Waals surface area contributed by atoms with Crippen LogP contribution in [0.25, 0.3) is 0 Å². The van der Waals surface area contributed by atoms with Gasteiger partial charge in [0.15, 0.2) is 0 Å². The van der Waals surface area contributed by atoms with E-state index in [4.69, 9.17) is 0 Å². The number of hydrogen-bond acceptors (Lipinski definition) is 3. The van der Waals surface area contributed by atoms with Crippen molar-refractivity contribution in [1.29, 1.82) is 0 Å². The fourth-order valence-corrected chi connectivity index (χ4v) is 2.47. The second-order valence-corrected chi connectivity index (χ2v) is 5.75. The monoisotopic (exact) mass is 239 g/mol. The maximum absolute atomic E-state index is 11.3. The van der Waals surface area contributed by atoms with Gasteiger partial charge in [-0.15, -0.1) is 11.3 Å². The molecule has 16 heavy (non-hydrogen) atoms. The molecule has 0 amide bonds. The van der Waals surface area contributed by atoms with Crippen molar-refractivity contribution in [1.82, 2.24) is 5.32 Å². The smallest absolute Gasteiger partial charge is 0.323 e. The molecule has 0 aliphatic heterocycles. The van der Waals surface area contributed by atoms with E-state index in [-0.39, 0.29) is 0 Å². The van der Waals surface area contributed by atoms with Gasteiger partial charge in [-0.2, -0.15) is 0 Å². The quantitative estimate of drug-likeness (QED) is 0.802. The Morgan fingerprint density at radius 1 is 1.69 bits per heavy atom. The number of hydrogen-bond donors (Lipinski definition) is 2. The number of thiophene rings is 1.